The number of para-hydroxylation sites is 3. The lowest BCUT2D eigenvalue weighted by molar-refractivity contribution is 1.18. The SMILES string of the molecule is c1ccc(-c2ccc(N(c3ccc(-c4ccccc4-c4ccccc4-n4c5ccccc5c5ccccc54)cc3)c3ccc(-c4cc5ccccc5c5ccccc45)cc3)cc2)cc1. The van der Waals surface area contributed by atoms with Crippen molar-refractivity contribution >= 4 is 60.4 Å². The molecule has 1 heterocycles. The number of hydrogen-bond donors (Lipinski definition) is 0. The van der Waals surface area contributed by atoms with Crippen molar-refractivity contribution in [2.75, 3.05) is 4.90 Å². The first-order chi connectivity index (χ1) is 31.8. The second-order valence-electron chi connectivity index (χ2n) is 16.5. The Morgan fingerprint density at radius 1 is 0.250 bits per heavy atom. The molecule has 0 spiro atoms. The van der Waals surface area contributed by atoms with Crippen LogP contribution in [0.4, 0.5) is 17.1 Å². The summed E-state index contributed by atoms with van der Waals surface area (Å²) in [5.41, 5.74) is 16.4. The summed E-state index contributed by atoms with van der Waals surface area (Å²) in [6.07, 6.45) is 0. The molecule has 0 fully saturated rings. The summed E-state index contributed by atoms with van der Waals surface area (Å²) in [5, 5.41) is 7.58. The van der Waals surface area contributed by atoms with Crippen molar-refractivity contribution in [1.82, 2.24) is 4.57 Å². The van der Waals surface area contributed by atoms with Gasteiger partial charge < -0.3 is 9.47 Å². The van der Waals surface area contributed by atoms with E-state index in [9.17, 15) is 0 Å². The fourth-order valence-electron chi connectivity index (χ4n) is 9.80. The lowest BCUT2D eigenvalue weighted by Gasteiger charge is -2.26. The van der Waals surface area contributed by atoms with Gasteiger partial charge in [-0.25, -0.2) is 0 Å². The average molecular weight is 815 g/mol. The molecule has 2 heteroatoms. The summed E-state index contributed by atoms with van der Waals surface area (Å²) in [4.78, 5) is 2.37. The van der Waals surface area contributed by atoms with E-state index < -0.39 is 0 Å². The van der Waals surface area contributed by atoms with Gasteiger partial charge in [0.15, 0.2) is 0 Å². The Kier molecular flexibility index (Phi) is 9.20. The molecular formula is C62H42N2. The second-order valence-corrected chi connectivity index (χ2v) is 16.5. The van der Waals surface area contributed by atoms with Gasteiger partial charge in [-0.2, -0.15) is 0 Å². The third-order valence-electron chi connectivity index (χ3n) is 12.8. The maximum atomic E-state index is 2.43. The fraction of sp³-hybridized carbons (Fsp3) is 0. The zero-order valence-corrected chi connectivity index (χ0v) is 35.1. The maximum Gasteiger partial charge on any atom is 0.0541 e. The van der Waals surface area contributed by atoms with Crippen LogP contribution in [0.1, 0.15) is 0 Å². The summed E-state index contributed by atoms with van der Waals surface area (Å²) in [7, 11) is 0. The molecule has 0 unspecified atom stereocenters. The highest BCUT2D eigenvalue weighted by Gasteiger charge is 2.19. The van der Waals surface area contributed by atoms with Crippen LogP contribution in [-0.4, -0.2) is 4.57 Å². The van der Waals surface area contributed by atoms with Crippen LogP contribution in [0.2, 0.25) is 0 Å². The molecule has 12 rings (SSSR count). The topological polar surface area (TPSA) is 8.17 Å². The monoisotopic (exact) mass is 814 g/mol. The largest absolute Gasteiger partial charge is 0.311 e. The molecule has 11 aromatic carbocycles. The van der Waals surface area contributed by atoms with Crippen LogP contribution in [0.5, 0.6) is 0 Å². The van der Waals surface area contributed by atoms with E-state index >= 15 is 0 Å². The number of rotatable bonds is 8. The Morgan fingerprint density at radius 3 is 1.30 bits per heavy atom. The molecule has 12 aromatic rings. The molecule has 0 aliphatic rings. The Labute approximate surface area is 373 Å². The smallest absolute Gasteiger partial charge is 0.0541 e. The zero-order chi connectivity index (χ0) is 42.4. The fourth-order valence-corrected chi connectivity index (χ4v) is 9.80. The molecule has 0 N–H and O–H groups in total. The number of nitrogens with zero attached hydrogens (tertiary/aromatic N) is 2. The molecule has 0 radical (unpaired) electrons. The van der Waals surface area contributed by atoms with Crippen molar-refractivity contribution in [2.45, 2.75) is 0 Å². The molecule has 0 saturated carbocycles. The van der Waals surface area contributed by atoms with Gasteiger partial charge in [-0.3, -0.25) is 0 Å². The number of benzene rings is 11. The molecule has 0 aliphatic heterocycles. The van der Waals surface area contributed by atoms with Crippen molar-refractivity contribution in [3.63, 3.8) is 0 Å². The molecule has 0 atom stereocenters. The zero-order valence-electron chi connectivity index (χ0n) is 35.1. The summed E-state index contributed by atoms with van der Waals surface area (Å²) >= 11 is 0. The van der Waals surface area contributed by atoms with Gasteiger partial charge in [0.1, 0.15) is 0 Å². The first-order valence-corrected chi connectivity index (χ1v) is 22.0. The van der Waals surface area contributed by atoms with E-state index in [1.807, 2.05) is 0 Å². The lowest BCUT2D eigenvalue weighted by atomic mass is 9.93. The van der Waals surface area contributed by atoms with Crippen LogP contribution >= 0.6 is 0 Å². The number of anilines is 3. The second kappa shape index (κ2) is 15.8. The summed E-state index contributed by atoms with van der Waals surface area (Å²) < 4.78 is 2.43. The lowest BCUT2D eigenvalue weighted by Crippen LogP contribution is -2.09. The molecule has 0 amide bonds. The summed E-state index contributed by atoms with van der Waals surface area (Å²) in [5.74, 6) is 0. The molecule has 2 nitrogen and oxygen atoms in total. The molecule has 64 heavy (non-hydrogen) atoms. The van der Waals surface area contributed by atoms with Crippen LogP contribution in [0.15, 0.2) is 255 Å². The first-order valence-electron chi connectivity index (χ1n) is 22.0. The van der Waals surface area contributed by atoms with Gasteiger partial charge in [0.25, 0.3) is 0 Å². The van der Waals surface area contributed by atoms with Gasteiger partial charge in [-0.1, -0.05) is 194 Å². The highest BCUT2D eigenvalue weighted by atomic mass is 15.1. The summed E-state index contributed by atoms with van der Waals surface area (Å²) in [6.45, 7) is 0. The highest BCUT2D eigenvalue weighted by Crippen LogP contribution is 2.43. The van der Waals surface area contributed by atoms with Crippen LogP contribution in [0.25, 0.3) is 93.5 Å². The quantitative estimate of drug-likeness (QED) is 0.139. The van der Waals surface area contributed by atoms with Crippen LogP contribution in [0.3, 0.4) is 0 Å². The van der Waals surface area contributed by atoms with Gasteiger partial charge in [-0.05, 0) is 121 Å². The van der Waals surface area contributed by atoms with E-state index in [0.29, 0.717) is 0 Å². The average Bonchev–Trinajstić information content (AvgIpc) is 3.71. The standard InChI is InChI=1S/C62H42N2/c1-2-16-43(17-3-1)44-30-36-48(37-31-44)63(50-40-34-46(35-41-50)59-42-47-18-4-5-20-52(47)53-21-8-9-23-55(53)59)49-38-32-45(33-39-49)51-19-6-7-22-54(51)56-24-10-13-27-60(56)64-61-28-14-11-25-57(61)58-26-12-15-29-62(58)64/h1-42H. The number of hydrogen-bond acceptors (Lipinski definition) is 1. The Hall–Kier alpha value is -8.46. The van der Waals surface area contributed by atoms with Gasteiger partial charge in [-0.15, -0.1) is 0 Å². The van der Waals surface area contributed by atoms with E-state index in [4.69, 9.17) is 0 Å². The van der Waals surface area contributed by atoms with Gasteiger partial charge in [0.2, 0.25) is 0 Å². The predicted molar refractivity (Wildman–Crippen MR) is 272 cm³/mol. The number of fused-ring (bicyclic) bond motifs is 6. The van der Waals surface area contributed by atoms with Gasteiger partial charge in [0.05, 0.1) is 16.7 Å². The molecule has 0 bridgehead atoms. The first kappa shape index (κ1) is 37.3. The molecule has 1 aromatic heterocycles. The number of aromatic nitrogens is 1. The summed E-state index contributed by atoms with van der Waals surface area (Å²) in [6, 6.07) is 92.6. The molecule has 0 aliphatic carbocycles. The molecule has 300 valence electrons. The van der Waals surface area contributed by atoms with E-state index in [1.54, 1.807) is 0 Å². The normalized spacial score (nSPS) is 11.4. The van der Waals surface area contributed by atoms with Crippen molar-refractivity contribution in [3.8, 4) is 50.2 Å². The van der Waals surface area contributed by atoms with Crippen LogP contribution in [0, 0.1) is 0 Å². The minimum atomic E-state index is 1.09. The van der Waals surface area contributed by atoms with Crippen LogP contribution < -0.4 is 4.90 Å². The van der Waals surface area contributed by atoms with Crippen molar-refractivity contribution in [1.29, 1.82) is 0 Å². The van der Waals surface area contributed by atoms with E-state index in [1.165, 1.54) is 82.3 Å². The molecule has 0 saturated heterocycles. The Bertz CT molecular complexity index is 3580. The third kappa shape index (κ3) is 6.44. The Morgan fingerprint density at radius 2 is 0.672 bits per heavy atom. The van der Waals surface area contributed by atoms with Gasteiger partial charge in [0, 0.05) is 33.4 Å². The minimum absolute atomic E-state index is 1.09. The Balaban J connectivity index is 0.950. The van der Waals surface area contributed by atoms with Crippen molar-refractivity contribution in [2.24, 2.45) is 0 Å². The van der Waals surface area contributed by atoms with E-state index in [-0.39, 0.29) is 0 Å². The van der Waals surface area contributed by atoms with Crippen molar-refractivity contribution in [3.05, 3.63) is 255 Å². The highest BCUT2D eigenvalue weighted by molar-refractivity contribution is 6.14. The van der Waals surface area contributed by atoms with E-state index in [2.05, 4.69) is 264 Å². The van der Waals surface area contributed by atoms with E-state index in [0.717, 1.165) is 28.3 Å². The third-order valence-corrected chi connectivity index (χ3v) is 12.8. The van der Waals surface area contributed by atoms with Crippen LogP contribution in [-0.2, 0) is 0 Å². The minimum Gasteiger partial charge on any atom is -0.311 e. The van der Waals surface area contributed by atoms with Crippen molar-refractivity contribution < 1.29 is 0 Å². The predicted octanol–water partition coefficient (Wildman–Crippen LogP) is 17.2. The molecular weight excluding hydrogens is 773 g/mol. The maximum absolute atomic E-state index is 2.43. The van der Waals surface area contributed by atoms with Gasteiger partial charge >= 0.3 is 0 Å².